The third-order valence-corrected chi connectivity index (χ3v) is 5.61. The predicted octanol–water partition coefficient (Wildman–Crippen LogP) is 5.51. The lowest BCUT2D eigenvalue weighted by molar-refractivity contribution is -0.140. The highest BCUT2D eigenvalue weighted by Gasteiger charge is 2.46. The van der Waals surface area contributed by atoms with Crippen molar-refractivity contribution in [3.8, 4) is 5.75 Å². The van der Waals surface area contributed by atoms with Crippen molar-refractivity contribution in [2.45, 2.75) is 38.7 Å². The molecule has 2 aromatic carbocycles. The highest BCUT2D eigenvalue weighted by atomic mass is 19.4. The van der Waals surface area contributed by atoms with E-state index in [1.165, 1.54) is 18.3 Å². The minimum atomic E-state index is -4.56. The Morgan fingerprint density at radius 2 is 1.78 bits per heavy atom. The molecule has 0 saturated carbocycles. The van der Waals surface area contributed by atoms with Crippen molar-refractivity contribution >= 4 is 17.4 Å². The minimum Gasteiger partial charge on any atom is -0.507 e. The summed E-state index contributed by atoms with van der Waals surface area (Å²) < 4.78 is 45.3. The van der Waals surface area contributed by atoms with Gasteiger partial charge in [-0.3, -0.25) is 14.6 Å². The van der Waals surface area contributed by atoms with Crippen molar-refractivity contribution in [1.29, 1.82) is 0 Å². The molecular weight excluding hydrogens is 473 g/mol. The zero-order chi connectivity index (χ0) is 26.0. The number of carbonyl (C=O) groups excluding carboxylic acids is 2. The van der Waals surface area contributed by atoms with E-state index in [0.717, 1.165) is 17.0 Å². The number of rotatable bonds is 6. The maximum absolute atomic E-state index is 13.2. The number of aliphatic hydroxyl groups excluding tert-OH is 1. The summed E-state index contributed by atoms with van der Waals surface area (Å²) in [6, 6.07) is 14.7. The van der Waals surface area contributed by atoms with E-state index in [4.69, 9.17) is 4.74 Å². The van der Waals surface area contributed by atoms with Gasteiger partial charge in [-0.25, -0.2) is 0 Å². The number of hydrogen-bond acceptors (Lipinski definition) is 5. The van der Waals surface area contributed by atoms with E-state index in [1.807, 2.05) is 13.8 Å². The van der Waals surface area contributed by atoms with Gasteiger partial charge in [-0.2, -0.15) is 13.2 Å². The number of ether oxygens (including phenoxy) is 1. The first-order valence-electron chi connectivity index (χ1n) is 11.2. The van der Waals surface area contributed by atoms with Crippen LogP contribution in [0, 0.1) is 0 Å². The van der Waals surface area contributed by atoms with Crippen LogP contribution >= 0.6 is 0 Å². The number of Topliss-reactive ketones (excluding diaryl/α,β-unsaturated/α-hetero) is 1. The van der Waals surface area contributed by atoms with Gasteiger partial charge in [0.1, 0.15) is 17.6 Å². The molecule has 4 rings (SSSR count). The average Bonchev–Trinajstić information content (AvgIpc) is 3.09. The number of amides is 1. The largest absolute Gasteiger partial charge is 0.507 e. The zero-order valence-electron chi connectivity index (χ0n) is 19.5. The number of hydrogen-bond donors (Lipinski definition) is 1. The predicted molar refractivity (Wildman–Crippen MR) is 126 cm³/mol. The Morgan fingerprint density at radius 3 is 2.39 bits per heavy atom. The first-order valence-corrected chi connectivity index (χ1v) is 11.2. The van der Waals surface area contributed by atoms with Crippen LogP contribution in [0.25, 0.3) is 5.76 Å². The number of aromatic nitrogens is 1. The fourth-order valence-corrected chi connectivity index (χ4v) is 4.05. The summed E-state index contributed by atoms with van der Waals surface area (Å²) in [4.78, 5) is 31.5. The topological polar surface area (TPSA) is 79.7 Å². The van der Waals surface area contributed by atoms with Crippen LogP contribution in [0.5, 0.6) is 5.75 Å². The van der Waals surface area contributed by atoms with Crippen LogP contribution in [-0.4, -0.2) is 32.8 Å². The Hall–Kier alpha value is -4.14. The Kier molecular flexibility index (Phi) is 6.83. The number of aliphatic hydroxyl groups is 1. The van der Waals surface area contributed by atoms with Crippen LogP contribution in [0.1, 0.15) is 42.3 Å². The fraction of sp³-hybridized carbons (Fsp3) is 0.222. The first kappa shape index (κ1) is 25.0. The summed E-state index contributed by atoms with van der Waals surface area (Å²) >= 11 is 0. The van der Waals surface area contributed by atoms with Crippen LogP contribution in [-0.2, 0) is 22.3 Å². The molecule has 1 atom stereocenters. The van der Waals surface area contributed by atoms with Crippen LogP contribution in [0.4, 0.5) is 13.2 Å². The number of pyridine rings is 1. The molecule has 1 aromatic heterocycles. The molecule has 36 heavy (non-hydrogen) atoms. The molecule has 1 aliphatic rings. The summed E-state index contributed by atoms with van der Waals surface area (Å²) in [7, 11) is 0. The van der Waals surface area contributed by atoms with Gasteiger partial charge < -0.3 is 14.7 Å². The third kappa shape index (κ3) is 5.10. The van der Waals surface area contributed by atoms with Crippen molar-refractivity contribution in [3.63, 3.8) is 0 Å². The second kappa shape index (κ2) is 9.85. The van der Waals surface area contributed by atoms with Gasteiger partial charge in [0.25, 0.3) is 11.7 Å². The summed E-state index contributed by atoms with van der Waals surface area (Å²) in [5.41, 5.74) is -0.296. The Labute approximate surface area is 205 Å². The van der Waals surface area contributed by atoms with Crippen LogP contribution < -0.4 is 4.74 Å². The van der Waals surface area contributed by atoms with Gasteiger partial charge in [0, 0.05) is 18.3 Å². The molecule has 6 nitrogen and oxygen atoms in total. The summed E-state index contributed by atoms with van der Waals surface area (Å²) in [6.45, 7) is 3.45. The molecule has 1 N–H and O–H groups in total. The normalized spacial score (nSPS) is 17.6. The van der Waals surface area contributed by atoms with Gasteiger partial charge in [-0.05, 0) is 67.9 Å². The van der Waals surface area contributed by atoms with Crippen LogP contribution in [0.3, 0.4) is 0 Å². The van der Waals surface area contributed by atoms with Gasteiger partial charge in [0.15, 0.2) is 0 Å². The SMILES string of the molecule is CC(C)Oc1ccc(/C(O)=C2\C(=O)C(=O)N(Cc3cccc(C(F)(F)F)c3)C2c2ccccn2)cc1. The number of carbonyl (C=O) groups is 2. The number of alkyl halides is 3. The number of benzene rings is 2. The number of ketones is 1. The number of nitrogens with zero attached hydrogens (tertiary/aromatic N) is 2. The summed E-state index contributed by atoms with van der Waals surface area (Å²) in [5.74, 6) is -1.73. The maximum atomic E-state index is 13.2. The smallest absolute Gasteiger partial charge is 0.416 e. The molecule has 0 aliphatic carbocycles. The molecular formula is C27H23F3N2O4. The van der Waals surface area contributed by atoms with Crippen molar-refractivity contribution in [2.24, 2.45) is 0 Å². The number of halogens is 3. The van der Waals surface area contributed by atoms with E-state index < -0.39 is 35.2 Å². The third-order valence-electron chi connectivity index (χ3n) is 5.61. The summed E-state index contributed by atoms with van der Waals surface area (Å²) in [5, 5.41) is 11.1. The Bertz CT molecular complexity index is 1300. The standard InChI is InChI=1S/C27H23F3N2O4/c1-16(2)36-20-11-9-18(10-12-20)24(33)22-23(21-8-3-4-13-31-21)32(26(35)25(22)34)15-17-6-5-7-19(14-17)27(28,29)30/h3-14,16,23,33H,15H2,1-2H3/b24-22+. The minimum absolute atomic E-state index is 0.0604. The van der Waals surface area contributed by atoms with Crippen molar-refractivity contribution in [1.82, 2.24) is 9.88 Å². The molecule has 2 heterocycles. The van der Waals surface area contributed by atoms with Crippen molar-refractivity contribution < 1.29 is 32.6 Å². The van der Waals surface area contributed by atoms with E-state index >= 15 is 0 Å². The lowest BCUT2D eigenvalue weighted by Gasteiger charge is -2.25. The zero-order valence-corrected chi connectivity index (χ0v) is 19.5. The fourth-order valence-electron chi connectivity index (χ4n) is 4.05. The second-order valence-electron chi connectivity index (χ2n) is 8.57. The molecule has 1 saturated heterocycles. The average molecular weight is 496 g/mol. The molecule has 0 spiro atoms. The summed E-state index contributed by atoms with van der Waals surface area (Å²) in [6.07, 6.45) is -3.15. The van der Waals surface area contributed by atoms with Crippen LogP contribution in [0.2, 0.25) is 0 Å². The van der Waals surface area contributed by atoms with E-state index in [2.05, 4.69) is 4.98 Å². The van der Waals surface area contributed by atoms with Gasteiger partial charge in [0.2, 0.25) is 0 Å². The molecule has 0 radical (unpaired) electrons. The first-order chi connectivity index (χ1) is 17.1. The van der Waals surface area contributed by atoms with Crippen molar-refractivity contribution in [2.75, 3.05) is 0 Å². The van der Waals surface area contributed by atoms with E-state index in [1.54, 1.807) is 42.5 Å². The highest BCUT2D eigenvalue weighted by molar-refractivity contribution is 6.46. The molecule has 3 aromatic rings. The van der Waals surface area contributed by atoms with E-state index in [0.29, 0.717) is 11.4 Å². The Morgan fingerprint density at radius 1 is 1.06 bits per heavy atom. The molecule has 1 unspecified atom stereocenters. The molecule has 9 heteroatoms. The quantitative estimate of drug-likeness (QED) is 0.277. The molecule has 0 bridgehead atoms. The monoisotopic (exact) mass is 496 g/mol. The van der Waals surface area contributed by atoms with Gasteiger partial charge in [0.05, 0.1) is 22.9 Å². The molecule has 1 amide bonds. The van der Waals surface area contributed by atoms with E-state index in [-0.39, 0.29) is 29.3 Å². The number of likely N-dealkylation sites (tertiary alicyclic amines) is 1. The van der Waals surface area contributed by atoms with Crippen LogP contribution in [0.15, 0.2) is 78.5 Å². The maximum Gasteiger partial charge on any atom is 0.416 e. The highest BCUT2D eigenvalue weighted by Crippen LogP contribution is 2.40. The van der Waals surface area contributed by atoms with Gasteiger partial charge in [-0.1, -0.05) is 18.2 Å². The molecule has 1 aliphatic heterocycles. The lowest BCUT2D eigenvalue weighted by atomic mass is 9.98. The van der Waals surface area contributed by atoms with Gasteiger partial charge in [-0.15, -0.1) is 0 Å². The lowest BCUT2D eigenvalue weighted by Crippen LogP contribution is -2.29. The van der Waals surface area contributed by atoms with E-state index in [9.17, 15) is 27.9 Å². The van der Waals surface area contributed by atoms with Gasteiger partial charge >= 0.3 is 6.18 Å². The molecule has 186 valence electrons. The Balaban J connectivity index is 1.77. The van der Waals surface area contributed by atoms with Crippen molar-refractivity contribution in [3.05, 3.63) is 101 Å². The molecule has 1 fully saturated rings. The second-order valence-corrected chi connectivity index (χ2v) is 8.57.